The van der Waals surface area contributed by atoms with Gasteiger partial charge >= 0.3 is 0 Å². The van der Waals surface area contributed by atoms with Crippen molar-refractivity contribution in [3.63, 3.8) is 0 Å². The highest BCUT2D eigenvalue weighted by molar-refractivity contribution is 6.32. The first kappa shape index (κ1) is 15.6. The Hall–Kier alpha value is -2.91. The number of hydrogen-bond acceptors (Lipinski definition) is 3. The molecular formula is C21H14ClNO2. The van der Waals surface area contributed by atoms with E-state index in [0.29, 0.717) is 21.7 Å². The number of rotatable bonds is 3. The minimum absolute atomic E-state index is 0.0894. The summed E-state index contributed by atoms with van der Waals surface area (Å²) in [6, 6.07) is 20.3. The van der Waals surface area contributed by atoms with Crippen LogP contribution in [0, 0.1) is 0 Å². The molecule has 3 aromatic carbocycles. The average molecular weight is 348 g/mol. The minimum atomic E-state index is -0.0894. The first-order chi connectivity index (χ1) is 12.2. The first-order valence-corrected chi connectivity index (χ1v) is 8.21. The number of ketones is 1. The number of hydrogen-bond donors (Lipinski definition) is 0. The summed E-state index contributed by atoms with van der Waals surface area (Å²) in [5, 5.41) is 2.27. The second kappa shape index (κ2) is 6.19. The molecule has 0 atom stereocenters. The van der Waals surface area contributed by atoms with Crippen molar-refractivity contribution >= 4 is 39.2 Å². The van der Waals surface area contributed by atoms with Crippen LogP contribution in [0.25, 0.3) is 21.8 Å². The Bertz CT molecular complexity index is 1110. The van der Waals surface area contributed by atoms with Gasteiger partial charge in [0.15, 0.2) is 5.78 Å². The summed E-state index contributed by atoms with van der Waals surface area (Å²) < 4.78 is 5.27. The fourth-order valence-electron chi connectivity index (χ4n) is 2.94. The maximum Gasteiger partial charge on any atom is 0.195 e. The number of benzene rings is 3. The summed E-state index contributed by atoms with van der Waals surface area (Å²) in [5.74, 6) is 0.671. The van der Waals surface area contributed by atoms with Gasteiger partial charge in [-0.3, -0.25) is 4.79 Å². The van der Waals surface area contributed by atoms with E-state index in [1.54, 1.807) is 25.3 Å². The van der Waals surface area contributed by atoms with Crippen LogP contribution in [0.1, 0.15) is 15.9 Å². The van der Waals surface area contributed by atoms with Gasteiger partial charge in [0.2, 0.25) is 0 Å². The quantitative estimate of drug-likeness (QED) is 0.374. The lowest BCUT2D eigenvalue weighted by atomic mass is 9.99. The maximum atomic E-state index is 12.9. The van der Waals surface area contributed by atoms with Gasteiger partial charge in [-0.2, -0.15) is 0 Å². The number of nitrogens with zero attached hydrogens (tertiary/aromatic N) is 1. The molecule has 0 aliphatic carbocycles. The standard InChI is InChI=1S/C21H14ClNO2/c1-25-17-7-8-19-14(11-17)9-15-10-16(22)12-18(20(15)23-19)21(24)13-5-3-2-4-6-13/h2-12H,1H3. The monoisotopic (exact) mass is 347 g/mol. The van der Waals surface area contributed by atoms with Crippen molar-refractivity contribution in [2.45, 2.75) is 0 Å². The highest BCUT2D eigenvalue weighted by Crippen LogP contribution is 2.29. The molecule has 0 saturated heterocycles. The van der Waals surface area contributed by atoms with E-state index in [2.05, 4.69) is 0 Å². The van der Waals surface area contributed by atoms with Crippen molar-refractivity contribution in [1.82, 2.24) is 4.98 Å². The topological polar surface area (TPSA) is 39.2 Å². The summed E-state index contributed by atoms with van der Waals surface area (Å²) in [4.78, 5) is 17.6. The summed E-state index contributed by atoms with van der Waals surface area (Å²) in [7, 11) is 1.63. The van der Waals surface area contributed by atoms with Crippen LogP contribution in [-0.2, 0) is 0 Å². The Morgan fingerprint density at radius 1 is 0.960 bits per heavy atom. The molecule has 0 bridgehead atoms. The van der Waals surface area contributed by atoms with E-state index in [9.17, 15) is 4.79 Å². The predicted octanol–water partition coefficient (Wildman–Crippen LogP) is 5.28. The van der Waals surface area contributed by atoms with Gasteiger partial charge < -0.3 is 4.74 Å². The molecule has 1 aromatic heterocycles. The zero-order valence-corrected chi connectivity index (χ0v) is 14.2. The van der Waals surface area contributed by atoms with Crippen molar-refractivity contribution in [1.29, 1.82) is 0 Å². The molecule has 0 fully saturated rings. The van der Waals surface area contributed by atoms with Gasteiger partial charge in [0.05, 0.1) is 23.7 Å². The van der Waals surface area contributed by atoms with E-state index in [1.165, 1.54) is 0 Å². The van der Waals surface area contributed by atoms with E-state index < -0.39 is 0 Å². The molecule has 0 N–H and O–H groups in total. The molecule has 0 spiro atoms. The molecular weight excluding hydrogens is 334 g/mol. The summed E-state index contributed by atoms with van der Waals surface area (Å²) in [6.07, 6.45) is 0. The second-order valence-electron chi connectivity index (χ2n) is 5.77. The Labute approximate surface area is 149 Å². The number of halogens is 1. The van der Waals surface area contributed by atoms with Gasteiger partial charge in [-0.15, -0.1) is 0 Å². The lowest BCUT2D eigenvalue weighted by Gasteiger charge is -2.09. The van der Waals surface area contributed by atoms with E-state index in [4.69, 9.17) is 21.3 Å². The minimum Gasteiger partial charge on any atom is -0.497 e. The van der Waals surface area contributed by atoms with Crippen molar-refractivity contribution in [3.05, 3.63) is 82.9 Å². The smallest absolute Gasteiger partial charge is 0.195 e. The number of carbonyl (C=O) groups excluding carboxylic acids is 1. The number of pyridine rings is 1. The third-order valence-corrected chi connectivity index (χ3v) is 4.38. The summed E-state index contributed by atoms with van der Waals surface area (Å²) in [6.45, 7) is 0. The maximum absolute atomic E-state index is 12.9. The van der Waals surface area contributed by atoms with Crippen LogP contribution in [0.15, 0.2) is 66.7 Å². The molecule has 0 amide bonds. The molecule has 4 heteroatoms. The highest BCUT2D eigenvalue weighted by atomic mass is 35.5. The summed E-state index contributed by atoms with van der Waals surface area (Å²) in [5.41, 5.74) is 2.57. The van der Waals surface area contributed by atoms with Crippen LogP contribution < -0.4 is 4.74 Å². The van der Waals surface area contributed by atoms with E-state index in [1.807, 2.05) is 48.5 Å². The predicted molar refractivity (Wildman–Crippen MR) is 101 cm³/mol. The molecule has 0 saturated carbocycles. The molecule has 3 nitrogen and oxygen atoms in total. The zero-order chi connectivity index (χ0) is 17.4. The van der Waals surface area contributed by atoms with Crippen molar-refractivity contribution in [2.75, 3.05) is 7.11 Å². The molecule has 0 aliphatic rings. The van der Waals surface area contributed by atoms with Gasteiger partial charge in [-0.05, 0) is 36.4 Å². The molecule has 0 aliphatic heterocycles. The first-order valence-electron chi connectivity index (χ1n) is 7.83. The third-order valence-electron chi connectivity index (χ3n) is 4.16. The molecule has 0 unspecified atom stereocenters. The zero-order valence-electron chi connectivity index (χ0n) is 13.5. The number of ether oxygens (including phenoxy) is 1. The SMILES string of the molecule is COc1ccc2nc3c(C(=O)c4ccccc4)cc(Cl)cc3cc2c1. The number of methoxy groups -OCH3 is 1. The molecule has 122 valence electrons. The number of carbonyl (C=O) groups is 1. The fourth-order valence-corrected chi connectivity index (χ4v) is 3.16. The van der Waals surface area contributed by atoms with Crippen LogP contribution in [-0.4, -0.2) is 17.9 Å². The van der Waals surface area contributed by atoms with Crippen LogP contribution in [0.2, 0.25) is 5.02 Å². The normalized spacial score (nSPS) is 11.0. The van der Waals surface area contributed by atoms with Crippen LogP contribution >= 0.6 is 11.6 Å². The molecule has 4 aromatic rings. The average Bonchev–Trinajstić information content (AvgIpc) is 2.65. The lowest BCUT2D eigenvalue weighted by molar-refractivity contribution is 0.104. The van der Waals surface area contributed by atoms with Crippen molar-refractivity contribution < 1.29 is 9.53 Å². The van der Waals surface area contributed by atoms with E-state index in [0.717, 1.165) is 22.0 Å². The molecule has 0 radical (unpaired) electrons. The van der Waals surface area contributed by atoms with Gasteiger partial charge in [0, 0.05) is 21.4 Å². The molecule has 4 rings (SSSR count). The number of fused-ring (bicyclic) bond motifs is 2. The van der Waals surface area contributed by atoms with Crippen LogP contribution in [0.3, 0.4) is 0 Å². The third kappa shape index (κ3) is 2.83. The Kier molecular flexibility index (Phi) is 3.86. The van der Waals surface area contributed by atoms with Gasteiger partial charge in [-0.1, -0.05) is 41.9 Å². The van der Waals surface area contributed by atoms with Gasteiger partial charge in [-0.25, -0.2) is 4.98 Å². The van der Waals surface area contributed by atoms with E-state index in [-0.39, 0.29) is 5.78 Å². The fraction of sp³-hybridized carbons (Fsp3) is 0.0476. The van der Waals surface area contributed by atoms with Crippen molar-refractivity contribution in [2.24, 2.45) is 0 Å². The van der Waals surface area contributed by atoms with Crippen molar-refractivity contribution in [3.8, 4) is 5.75 Å². The molecule has 25 heavy (non-hydrogen) atoms. The number of aromatic nitrogens is 1. The second-order valence-corrected chi connectivity index (χ2v) is 6.20. The van der Waals surface area contributed by atoms with Gasteiger partial charge in [0.25, 0.3) is 0 Å². The Morgan fingerprint density at radius 2 is 1.76 bits per heavy atom. The van der Waals surface area contributed by atoms with Crippen LogP contribution in [0.4, 0.5) is 0 Å². The van der Waals surface area contributed by atoms with Gasteiger partial charge in [0.1, 0.15) is 5.75 Å². The highest BCUT2D eigenvalue weighted by Gasteiger charge is 2.15. The summed E-state index contributed by atoms with van der Waals surface area (Å²) >= 11 is 6.26. The van der Waals surface area contributed by atoms with Crippen LogP contribution in [0.5, 0.6) is 5.75 Å². The largest absolute Gasteiger partial charge is 0.497 e. The lowest BCUT2D eigenvalue weighted by Crippen LogP contribution is -2.03. The molecule has 1 heterocycles. The van der Waals surface area contributed by atoms with E-state index >= 15 is 0 Å². The Balaban J connectivity index is 1.98. The Morgan fingerprint density at radius 3 is 2.52 bits per heavy atom.